The van der Waals surface area contributed by atoms with Crippen molar-refractivity contribution in [3.63, 3.8) is 0 Å². The number of hydrogen-bond donors (Lipinski definition) is 1. The normalized spacial score (nSPS) is 12.1. The SMILES string of the molecule is Cc1ccccc1-c1cccc(C[S@@](=O)CC(N)=O)c1. The molecule has 0 spiro atoms. The fraction of sp³-hybridized carbons (Fsp3) is 0.188. The minimum Gasteiger partial charge on any atom is -0.369 e. The van der Waals surface area contributed by atoms with E-state index >= 15 is 0 Å². The first-order valence-corrected chi connectivity index (χ1v) is 7.83. The molecule has 2 aromatic carbocycles. The maximum absolute atomic E-state index is 11.7. The molecule has 104 valence electrons. The predicted molar refractivity (Wildman–Crippen MR) is 82.5 cm³/mol. The van der Waals surface area contributed by atoms with Gasteiger partial charge in [-0.05, 0) is 29.2 Å². The second kappa shape index (κ2) is 6.48. The zero-order chi connectivity index (χ0) is 14.5. The number of hydrogen-bond acceptors (Lipinski definition) is 2. The standard InChI is InChI=1S/C16H17NO2S/c1-12-5-2-3-8-15(12)14-7-4-6-13(9-14)10-20(19)11-16(17)18/h2-9H,10-11H2,1H3,(H2,17,18)/t20-/m1/s1. The Morgan fingerprint density at radius 3 is 2.60 bits per heavy atom. The summed E-state index contributed by atoms with van der Waals surface area (Å²) in [6, 6.07) is 16.0. The molecule has 0 unspecified atom stereocenters. The third-order valence-electron chi connectivity index (χ3n) is 3.01. The van der Waals surface area contributed by atoms with Gasteiger partial charge >= 0.3 is 0 Å². The van der Waals surface area contributed by atoms with Crippen molar-refractivity contribution in [3.05, 3.63) is 59.7 Å². The highest BCUT2D eigenvalue weighted by Crippen LogP contribution is 2.24. The maximum Gasteiger partial charge on any atom is 0.230 e. The molecule has 0 aliphatic rings. The van der Waals surface area contributed by atoms with Gasteiger partial charge in [-0.2, -0.15) is 0 Å². The Hall–Kier alpha value is -1.94. The van der Waals surface area contributed by atoms with Crippen molar-refractivity contribution in [1.29, 1.82) is 0 Å². The van der Waals surface area contributed by atoms with Gasteiger partial charge in [-0.1, -0.05) is 48.5 Å². The Kier molecular flexibility index (Phi) is 4.69. The van der Waals surface area contributed by atoms with Crippen LogP contribution in [0.25, 0.3) is 11.1 Å². The lowest BCUT2D eigenvalue weighted by atomic mass is 9.99. The van der Waals surface area contributed by atoms with Crippen molar-refractivity contribution in [2.45, 2.75) is 12.7 Å². The molecule has 2 N–H and O–H groups in total. The molecule has 1 amide bonds. The number of aryl methyl sites for hydroxylation is 1. The van der Waals surface area contributed by atoms with Crippen LogP contribution in [0.2, 0.25) is 0 Å². The number of rotatable bonds is 5. The van der Waals surface area contributed by atoms with Crippen LogP contribution in [0.3, 0.4) is 0 Å². The van der Waals surface area contributed by atoms with E-state index in [0.29, 0.717) is 5.75 Å². The molecule has 1 atom stereocenters. The van der Waals surface area contributed by atoms with Gasteiger partial charge in [0.2, 0.25) is 5.91 Å². The van der Waals surface area contributed by atoms with Gasteiger partial charge in [0, 0.05) is 16.6 Å². The monoisotopic (exact) mass is 287 g/mol. The van der Waals surface area contributed by atoms with Crippen molar-refractivity contribution in [2.24, 2.45) is 5.73 Å². The predicted octanol–water partition coefficient (Wildman–Crippen LogP) is 2.40. The molecule has 2 rings (SSSR count). The lowest BCUT2D eigenvalue weighted by Gasteiger charge is -2.08. The Bertz CT molecular complexity index is 652. The van der Waals surface area contributed by atoms with E-state index in [-0.39, 0.29) is 5.75 Å². The molecule has 0 heterocycles. The van der Waals surface area contributed by atoms with Crippen molar-refractivity contribution >= 4 is 16.7 Å². The van der Waals surface area contributed by atoms with Gasteiger partial charge in [-0.15, -0.1) is 0 Å². The first-order chi connectivity index (χ1) is 9.56. The number of amides is 1. The van der Waals surface area contributed by atoms with Gasteiger partial charge in [-0.25, -0.2) is 0 Å². The van der Waals surface area contributed by atoms with Gasteiger partial charge in [-0.3, -0.25) is 9.00 Å². The molecule has 0 aromatic heterocycles. The summed E-state index contributed by atoms with van der Waals surface area (Å²) < 4.78 is 11.7. The van der Waals surface area contributed by atoms with Crippen LogP contribution in [0, 0.1) is 6.92 Å². The summed E-state index contributed by atoms with van der Waals surface area (Å²) in [6.07, 6.45) is 0. The van der Waals surface area contributed by atoms with Crippen LogP contribution in [-0.4, -0.2) is 15.9 Å². The molecule has 4 heteroatoms. The summed E-state index contributed by atoms with van der Waals surface area (Å²) in [6.45, 7) is 2.06. The smallest absolute Gasteiger partial charge is 0.230 e. The lowest BCUT2D eigenvalue weighted by Crippen LogP contribution is -2.20. The summed E-state index contributed by atoms with van der Waals surface area (Å²) in [5, 5.41) is 0. The summed E-state index contributed by atoms with van der Waals surface area (Å²) in [4.78, 5) is 10.8. The molecule has 0 fully saturated rings. The average Bonchev–Trinajstić information content (AvgIpc) is 2.38. The van der Waals surface area contributed by atoms with E-state index in [2.05, 4.69) is 19.1 Å². The maximum atomic E-state index is 11.7. The fourth-order valence-corrected chi connectivity index (χ4v) is 3.09. The van der Waals surface area contributed by atoms with Gasteiger partial charge < -0.3 is 5.73 Å². The van der Waals surface area contributed by atoms with Gasteiger partial charge in [0.15, 0.2) is 0 Å². The molecular formula is C16H17NO2S. The Morgan fingerprint density at radius 2 is 1.90 bits per heavy atom. The van der Waals surface area contributed by atoms with Crippen LogP contribution in [-0.2, 0) is 21.3 Å². The molecule has 0 radical (unpaired) electrons. The van der Waals surface area contributed by atoms with Gasteiger partial charge in [0.25, 0.3) is 0 Å². The molecule has 0 saturated carbocycles. The van der Waals surface area contributed by atoms with E-state index in [4.69, 9.17) is 5.73 Å². The number of carbonyl (C=O) groups is 1. The molecule has 0 aliphatic heterocycles. The molecule has 20 heavy (non-hydrogen) atoms. The van der Waals surface area contributed by atoms with E-state index in [0.717, 1.165) is 16.7 Å². The summed E-state index contributed by atoms with van der Waals surface area (Å²) in [5.41, 5.74) is 9.46. The minimum atomic E-state index is -1.25. The third-order valence-corrected chi connectivity index (χ3v) is 4.28. The van der Waals surface area contributed by atoms with Crippen molar-refractivity contribution in [2.75, 3.05) is 5.75 Å². The highest BCUT2D eigenvalue weighted by molar-refractivity contribution is 7.84. The molecule has 2 aromatic rings. The Labute approximate surface area is 121 Å². The van der Waals surface area contributed by atoms with Crippen LogP contribution in [0.15, 0.2) is 48.5 Å². The number of primary amides is 1. The highest BCUT2D eigenvalue weighted by atomic mass is 32.2. The quantitative estimate of drug-likeness (QED) is 0.918. The number of carbonyl (C=O) groups excluding carboxylic acids is 1. The first-order valence-electron chi connectivity index (χ1n) is 6.34. The van der Waals surface area contributed by atoms with Crippen LogP contribution in [0.5, 0.6) is 0 Å². The summed E-state index contributed by atoms with van der Waals surface area (Å²) in [5.74, 6) is -0.268. The van der Waals surface area contributed by atoms with Crippen LogP contribution in [0.4, 0.5) is 0 Å². The lowest BCUT2D eigenvalue weighted by molar-refractivity contribution is -0.115. The van der Waals surface area contributed by atoms with E-state index in [1.54, 1.807) is 0 Å². The fourth-order valence-electron chi connectivity index (χ4n) is 2.12. The second-order valence-corrected chi connectivity index (χ2v) is 6.17. The zero-order valence-corrected chi connectivity index (χ0v) is 12.2. The first kappa shape index (κ1) is 14.5. The zero-order valence-electron chi connectivity index (χ0n) is 11.3. The molecule has 3 nitrogen and oxygen atoms in total. The Balaban J connectivity index is 2.23. The number of nitrogens with two attached hydrogens (primary N) is 1. The summed E-state index contributed by atoms with van der Waals surface area (Å²) >= 11 is 0. The summed E-state index contributed by atoms with van der Waals surface area (Å²) in [7, 11) is -1.25. The minimum absolute atomic E-state index is 0.0887. The van der Waals surface area contributed by atoms with Crippen LogP contribution in [0.1, 0.15) is 11.1 Å². The van der Waals surface area contributed by atoms with E-state index < -0.39 is 16.7 Å². The van der Waals surface area contributed by atoms with Crippen molar-refractivity contribution in [3.8, 4) is 11.1 Å². The molecule has 0 aliphatic carbocycles. The topological polar surface area (TPSA) is 60.2 Å². The van der Waals surface area contributed by atoms with Crippen molar-refractivity contribution < 1.29 is 9.00 Å². The van der Waals surface area contributed by atoms with E-state index in [1.807, 2.05) is 36.4 Å². The van der Waals surface area contributed by atoms with Crippen molar-refractivity contribution in [1.82, 2.24) is 0 Å². The van der Waals surface area contributed by atoms with Gasteiger partial charge in [0.1, 0.15) is 5.75 Å². The highest BCUT2D eigenvalue weighted by Gasteiger charge is 2.07. The second-order valence-electron chi connectivity index (χ2n) is 4.71. The van der Waals surface area contributed by atoms with E-state index in [9.17, 15) is 9.00 Å². The largest absolute Gasteiger partial charge is 0.369 e. The molecule has 0 saturated heterocycles. The third kappa shape index (κ3) is 3.78. The van der Waals surface area contributed by atoms with E-state index in [1.165, 1.54) is 5.56 Å². The molecule has 0 bridgehead atoms. The molecular weight excluding hydrogens is 270 g/mol. The van der Waals surface area contributed by atoms with Crippen LogP contribution >= 0.6 is 0 Å². The van der Waals surface area contributed by atoms with Gasteiger partial charge in [0.05, 0.1) is 0 Å². The van der Waals surface area contributed by atoms with Crippen LogP contribution < -0.4 is 5.73 Å². The average molecular weight is 287 g/mol. The number of benzene rings is 2. The Morgan fingerprint density at radius 1 is 1.15 bits per heavy atom.